The van der Waals surface area contributed by atoms with Crippen molar-refractivity contribution in [3.63, 3.8) is 0 Å². The molecule has 0 aliphatic carbocycles. The highest BCUT2D eigenvalue weighted by Gasteiger charge is 2.33. The maximum atomic E-state index is 12.2. The molecular weight excluding hydrogens is 205 g/mol. The lowest BCUT2D eigenvalue weighted by Gasteiger charge is -1.99. The van der Waals surface area contributed by atoms with Gasteiger partial charge in [-0.1, -0.05) is 30.3 Å². The topological polar surface area (TPSA) is 28.7 Å². The van der Waals surface area contributed by atoms with Gasteiger partial charge in [-0.2, -0.15) is 13.2 Å². The van der Waals surface area contributed by atoms with Gasteiger partial charge in [0.2, 0.25) is 0 Å². The summed E-state index contributed by atoms with van der Waals surface area (Å²) in [5.41, 5.74) is -0.269. The highest BCUT2D eigenvalue weighted by Crippen LogP contribution is 2.29. The van der Waals surface area contributed by atoms with Crippen molar-refractivity contribution in [2.24, 2.45) is 0 Å². The van der Waals surface area contributed by atoms with Crippen LogP contribution in [0.3, 0.4) is 0 Å². The third-order valence-corrected chi connectivity index (χ3v) is 1.92. The number of rotatable bonds is 1. The molecule has 0 bridgehead atoms. The zero-order valence-corrected chi connectivity index (χ0v) is 7.55. The summed E-state index contributed by atoms with van der Waals surface area (Å²) in [6.07, 6.45) is -3.54. The summed E-state index contributed by atoms with van der Waals surface area (Å²) < 4.78 is 36.7. The Morgan fingerprint density at radius 3 is 2.27 bits per heavy atom. The first-order chi connectivity index (χ1) is 7.07. The predicted molar refractivity (Wildman–Crippen MR) is 49.0 cm³/mol. The Kier molecular flexibility index (Phi) is 2.22. The van der Waals surface area contributed by atoms with Crippen molar-refractivity contribution < 1.29 is 13.2 Å². The van der Waals surface area contributed by atoms with Gasteiger partial charge in [0.1, 0.15) is 5.82 Å². The Morgan fingerprint density at radius 1 is 1.07 bits per heavy atom. The van der Waals surface area contributed by atoms with Gasteiger partial charge in [-0.15, -0.1) is 0 Å². The molecule has 0 radical (unpaired) electrons. The number of hydrogen-bond acceptors (Lipinski definition) is 1. The molecule has 1 aromatic carbocycles. The van der Waals surface area contributed by atoms with Crippen LogP contribution in [0.4, 0.5) is 13.2 Å². The summed E-state index contributed by atoms with van der Waals surface area (Å²) in [7, 11) is 0. The van der Waals surface area contributed by atoms with Crippen molar-refractivity contribution in [2.75, 3.05) is 0 Å². The number of halogens is 3. The van der Waals surface area contributed by atoms with Gasteiger partial charge in [-0.3, -0.25) is 0 Å². The monoisotopic (exact) mass is 212 g/mol. The van der Waals surface area contributed by atoms with Gasteiger partial charge in [0.05, 0.1) is 0 Å². The van der Waals surface area contributed by atoms with Gasteiger partial charge < -0.3 is 4.98 Å². The minimum atomic E-state index is -4.40. The van der Waals surface area contributed by atoms with E-state index in [4.69, 9.17) is 0 Å². The summed E-state index contributed by atoms with van der Waals surface area (Å²) in [6, 6.07) is 8.66. The molecule has 78 valence electrons. The number of imidazole rings is 1. The largest absolute Gasteiger partial charge is 0.434 e. The van der Waals surface area contributed by atoms with E-state index in [2.05, 4.69) is 9.97 Å². The number of aromatic amines is 1. The van der Waals surface area contributed by atoms with Gasteiger partial charge in [0, 0.05) is 11.8 Å². The lowest BCUT2D eigenvalue weighted by Crippen LogP contribution is -2.04. The average molecular weight is 212 g/mol. The standard InChI is InChI=1S/C10H7F3N2/c11-10(12,13)8-6-14-9(15-8)7-4-2-1-3-5-7/h1-6H,(H,14,15). The molecule has 0 unspecified atom stereocenters. The van der Waals surface area contributed by atoms with E-state index in [-0.39, 0.29) is 5.82 Å². The Labute approximate surface area is 83.8 Å². The maximum Gasteiger partial charge on any atom is 0.434 e. The second-order valence-corrected chi connectivity index (χ2v) is 3.00. The smallest absolute Gasteiger partial charge is 0.344 e. The molecule has 0 saturated carbocycles. The van der Waals surface area contributed by atoms with E-state index in [1.165, 1.54) is 0 Å². The fourth-order valence-corrected chi connectivity index (χ4v) is 1.21. The molecule has 0 spiro atoms. The number of hydrogen-bond donors (Lipinski definition) is 1. The van der Waals surface area contributed by atoms with Gasteiger partial charge in [0.15, 0.2) is 5.69 Å². The molecule has 0 saturated heterocycles. The fourth-order valence-electron chi connectivity index (χ4n) is 1.21. The third kappa shape index (κ3) is 2.01. The van der Waals surface area contributed by atoms with Crippen molar-refractivity contribution in [2.45, 2.75) is 6.18 Å². The quantitative estimate of drug-likeness (QED) is 0.773. The Balaban J connectivity index is 2.37. The normalized spacial score (nSPS) is 11.7. The van der Waals surface area contributed by atoms with Gasteiger partial charge in [0.25, 0.3) is 0 Å². The highest BCUT2D eigenvalue weighted by atomic mass is 19.4. The van der Waals surface area contributed by atoms with Crippen LogP contribution in [-0.4, -0.2) is 9.97 Å². The lowest BCUT2D eigenvalue weighted by atomic mass is 10.2. The zero-order valence-electron chi connectivity index (χ0n) is 7.55. The van der Waals surface area contributed by atoms with Crippen molar-refractivity contribution in [3.05, 3.63) is 42.2 Å². The summed E-state index contributed by atoms with van der Waals surface area (Å²) in [4.78, 5) is 5.97. The SMILES string of the molecule is FC(F)(F)c1c[nH]c(-c2ccccc2)n1. The second-order valence-electron chi connectivity index (χ2n) is 3.00. The first kappa shape index (κ1) is 9.76. The fraction of sp³-hybridized carbons (Fsp3) is 0.100. The first-order valence-corrected chi connectivity index (χ1v) is 4.25. The molecule has 0 fully saturated rings. The number of benzene rings is 1. The van der Waals surface area contributed by atoms with Crippen LogP contribution in [0.1, 0.15) is 5.69 Å². The molecule has 2 nitrogen and oxygen atoms in total. The van der Waals surface area contributed by atoms with E-state index in [0.29, 0.717) is 5.56 Å². The highest BCUT2D eigenvalue weighted by molar-refractivity contribution is 5.54. The molecule has 1 heterocycles. The van der Waals surface area contributed by atoms with Crippen LogP contribution in [-0.2, 0) is 6.18 Å². The van der Waals surface area contributed by atoms with Crippen LogP contribution in [0.25, 0.3) is 11.4 Å². The molecular formula is C10H7F3N2. The van der Waals surface area contributed by atoms with Crippen LogP contribution in [0.2, 0.25) is 0 Å². The maximum absolute atomic E-state index is 12.2. The Hall–Kier alpha value is -1.78. The minimum Gasteiger partial charge on any atom is -0.344 e. The molecule has 1 aromatic heterocycles. The first-order valence-electron chi connectivity index (χ1n) is 4.25. The van der Waals surface area contributed by atoms with Crippen LogP contribution in [0.15, 0.2) is 36.5 Å². The number of nitrogens with one attached hydrogen (secondary N) is 1. The number of H-pyrrole nitrogens is 1. The molecule has 1 N–H and O–H groups in total. The summed E-state index contributed by atoms with van der Waals surface area (Å²) >= 11 is 0. The molecule has 0 aliphatic heterocycles. The van der Waals surface area contributed by atoms with E-state index in [0.717, 1.165) is 6.20 Å². The van der Waals surface area contributed by atoms with E-state index in [9.17, 15) is 13.2 Å². The lowest BCUT2D eigenvalue weighted by molar-refractivity contribution is -0.140. The summed E-state index contributed by atoms with van der Waals surface area (Å²) in [6.45, 7) is 0. The Bertz CT molecular complexity index is 445. The van der Waals surface area contributed by atoms with Crippen LogP contribution < -0.4 is 0 Å². The predicted octanol–water partition coefficient (Wildman–Crippen LogP) is 3.10. The van der Waals surface area contributed by atoms with Gasteiger partial charge >= 0.3 is 6.18 Å². The van der Waals surface area contributed by atoms with Crippen molar-refractivity contribution in [1.82, 2.24) is 9.97 Å². The molecule has 2 aromatic rings. The molecule has 2 rings (SSSR count). The minimum absolute atomic E-state index is 0.225. The van der Waals surface area contributed by atoms with E-state index in [1.54, 1.807) is 30.3 Å². The van der Waals surface area contributed by atoms with Crippen molar-refractivity contribution in [1.29, 1.82) is 0 Å². The molecule has 0 amide bonds. The number of alkyl halides is 3. The zero-order chi connectivity index (χ0) is 10.9. The molecule has 15 heavy (non-hydrogen) atoms. The molecule has 0 atom stereocenters. The molecule has 0 aliphatic rings. The van der Waals surface area contributed by atoms with Crippen molar-refractivity contribution >= 4 is 0 Å². The Morgan fingerprint density at radius 2 is 1.73 bits per heavy atom. The average Bonchev–Trinajstić information content (AvgIpc) is 2.67. The van der Waals surface area contributed by atoms with E-state index in [1.807, 2.05) is 0 Å². The van der Waals surface area contributed by atoms with E-state index >= 15 is 0 Å². The summed E-state index contributed by atoms with van der Waals surface area (Å²) in [5.74, 6) is 0.225. The third-order valence-electron chi connectivity index (χ3n) is 1.92. The van der Waals surface area contributed by atoms with Crippen LogP contribution >= 0.6 is 0 Å². The second kappa shape index (κ2) is 3.42. The molecule has 5 heteroatoms. The van der Waals surface area contributed by atoms with E-state index < -0.39 is 11.9 Å². The number of nitrogens with zero attached hydrogens (tertiary/aromatic N) is 1. The summed E-state index contributed by atoms with van der Waals surface area (Å²) in [5, 5.41) is 0. The number of aromatic nitrogens is 2. The van der Waals surface area contributed by atoms with Crippen LogP contribution in [0, 0.1) is 0 Å². The van der Waals surface area contributed by atoms with Crippen LogP contribution in [0.5, 0.6) is 0 Å². The van der Waals surface area contributed by atoms with Gasteiger partial charge in [-0.25, -0.2) is 4.98 Å². The van der Waals surface area contributed by atoms with Gasteiger partial charge in [-0.05, 0) is 0 Å². The van der Waals surface area contributed by atoms with Crippen molar-refractivity contribution in [3.8, 4) is 11.4 Å².